The summed E-state index contributed by atoms with van der Waals surface area (Å²) < 4.78 is 18.6. The Morgan fingerprint density at radius 2 is 2.07 bits per heavy atom. The molecule has 1 aliphatic carbocycles. The maximum absolute atomic E-state index is 13.5. The molecule has 2 aromatic carbocycles. The molecule has 2 aliphatic rings. The van der Waals surface area contributed by atoms with Crippen LogP contribution in [-0.2, 0) is 11.3 Å². The van der Waals surface area contributed by atoms with Gasteiger partial charge in [-0.2, -0.15) is 0 Å². The summed E-state index contributed by atoms with van der Waals surface area (Å²) in [4.78, 5) is 17.7. The van der Waals surface area contributed by atoms with E-state index in [0.29, 0.717) is 36.4 Å². The summed E-state index contributed by atoms with van der Waals surface area (Å²) in [6.07, 6.45) is 5.11. The molecule has 0 bridgehead atoms. The van der Waals surface area contributed by atoms with Crippen molar-refractivity contribution >= 4 is 5.91 Å². The van der Waals surface area contributed by atoms with Crippen molar-refractivity contribution in [3.05, 3.63) is 65.0 Å². The van der Waals surface area contributed by atoms with E-state index in [-0.39, 0.29) is 11.7 Å². The number of carbonyl (C=O) groups excluding carboxylic acids is 1. The number of hydrogen-bond donors (Lipinski definition) is 1. The molecule has 160 valence electrons. The Morgan fingerprint density at radius 1 is 1.23 bits per heavy atom. The van der Waals surface area contributed by atoms with E-state index in [9.17, 15) is 9.18 Å². The molecule has 2 atom stereocenters. The van der Waals surface area contributed by atoms with E-state index < -0.39 is 0 Å². The van der Waals surface area contributed by atoms with Crippen LogP contribution in [0.4, 0.5) is 4.39 Å². The van der Waals surface area contributed by atoms with Crippen LogP contribution in [0.15, 0.2) is 42.5 Å². The van der Waals surface area contributed by atoms with Crippen molar-refractivity contribution in [2.45, 2.75) is 44.1 Å². The normalized spacial score (nSPS) is 21.2. The minimum atomic E-state index is -0.325. The molecule has 0 spiro atoms. The van der Waals surface area contributed by atoms with Crippen LogP contribution < -0.4 is 10.1 Å². The van der Waals surface area contributed by atoms with Gasteiger partial charge in [0.05, 0.1) is 20.3 Å². The van der Waals surface area contributed by atoms with E-state index in [1.165, 1.54) is 23.8 Å². The third kappa shape index (κ3) is 4.82. The second-order valence-electron chi connectivity index (χ2n) is 8.10. The summed E-state index contributed by atoms with van der Waals surface area (Å²) >= 11 is 0. The summed E-state index contributed by atoms with van der Waals surface area (Å²) in [5, 5.41) is 5.10. The fourth-order valence-corrected chi connectivity index (χ4v) is 4.40. The Kier molecular flexibility index (Phi) is 6.65. The number of hydroxylamine groups is 2. The fraction of sp³-hybridized carbons (Fsp3) is 0.458. The summed E-state index contributed by atoms with van der Waals surface area (Å²) in [5.41, 5.74) is 3.04. The highest BCUT2D eigenvalue weighted by molar-refractivity contribution is 5.93. The Bertz CT molecular complexity index is 865. The van der Waals surface area contributed by atoms with Crippen LogP contribution in [0.2, 0.25) is 0 Å². The lowest BCUT2D eigenvalue weighted by Crippen LogP contribution is -2.28. The average molecular weight is 413 g/mol. The molecule has 0 radical (unpaired) electrons. The molecule has 1 heterocycles. The summed E-state index contributed by atoms with van der Waals surface area (Å²) in [6.45, 7) is 2.14. The van der Waals surface area contributed by atoms with Gasteiger partial charge in [-0.25, -0.2) is 9.45 Å². The van der Waals surface area contributed by atoms with Gasteiger partial charge in [-0.15, -0.1) is 0 Å². The summed E-state index contributed by atoms with van der Waals surface area (Å²) in [6, 6.07) is 13.5. The maximum atomic E-state index is 13.5. The highest BCUT2D eigenvalue weighted by Crippen LogP contribution is 2.34. The lowest BCUT2D eigenvalue weighted by Gasteiger charge is -2.16. The molecule has 0 unspecified atom stereocenters. The van der Waals surface area contributed by atoms with E-state index in [4.69, 9.17) is 9.57 Å². The second-order valence-corrected chi connectivity index (χ2v) is 8.10. The predicted molar refractivity (Wildman–Crippen MR) is 113 cm³/mol. The lowest BCUT2D eigenvalue weighted by atomic mass is 9.96. The Balaban J connectivity index is 1.25. The molecule has 2 aromatic rings. The Hall–Kier alpha value is -2.44. The average Bonchev–Trinajstić information content (AvgIpc) is 3.47. The Morgan fingerprint density at radius 3 is 2.80 bits per heavy atom. The third-order valence-electron chi connectivity index (χ3n) is 6.10. The largest absolute Gasteiger partial charge is 0.494 e. The van der Waals surface area contributed by atoms with E-state index in [1.807, 2.05) is 18.2 Å². The molecule has 2 fully saturated rings. The van der Waals surface area contributed by atoms with Gasteiger partial charge in [0.25, 0.3) is 5.91 Å². The molecular weight excluding hydrogens is 383 g/mol. The number of methoxy groups -OCH3 is 1. The minimum Gasteiger partial charge on any atom is -0.494 e. The van der Waals surface area contributed by atoms with Crippen LogP contribution in [0.5, 0.6) is 5.75 Å². The molecule has 1 aliphatic heterocycles. The Labute approximate surface area is 177 Å². The summed E-state index contributed by atoms with van der Waals surface area (Å²) in [7, 11) is 1.49. The van der Waals surface area contributed by atoms with Gasteiger partial charge < -0.3 is 10.1 Å². The predicted octanol–water partition coefficient (Wildman–Crippen LogP) is 4.08. The molecule has 1 saturated heterocycles. The van der Waals surface area contributed by atoms with Crippen molar-refractivity contribution in [3.63, 3.8) is 0 Å². The van der Waals surface area contributed by atoms with Crippen LogP contribution in [0.25, 0.3) is 0 Å². The number of rotatable bonds is 7. The number of carbonyl (C=O) groups is 1. The van der Waals surface area contributed by atoms with E-state index in [1.54, 1.807) is 6.07 Å². The summed E-state index contributed by atoms with van der Waals surface area (Å²) in [5.74, 6) is 0.434. The number of nitrogens with zero attached hydrogens (tertiary/aromatic N) is 1. The number of amides is 1. The molecule has 1 N–H and O–H groups in total. The van der Waals surface area contributed by atoms with Crippen molar-refractivity contribution in [2.75, 3.05) is 26.8 Å². The number of hydrogen-bond acceptors (Lipinski definition) is 4. The van der Waals surface area contributed by atoms with E-state index in [0.717, 1.165) is 44.2 Å². The molecule has 4 rings (SSSR count). The zero-order valence-electron chi connectivity index (χ0n) is 17.4. The quantitative estimate of drug-likeness (QED) is 0.745. The topological polar surface area (TPSA) is 50.8 Å². The highest BCUT2D eigenvalue weighted by atomic mass is 19.1. The van der Waals surface area contributed by atoms with Gasteiger partial charge in [0.1, 0.15) is 0 Å². The number of benzene rings is 2. The third-order valence-corrected chi connectivity index (χ3v) is 6.10. The SMILES string of the molecule is COc1cc(CCN[C@H]2CC[C@@H](c3ccc(C(=O)N4CCCO4)cc3)C2)ccc1F. The van der Waals surface area contributed by atoms with Crippen molar-refractivity contribution in [3.8, 4) is 5.75 Å². The molecule has 0 aromatic heterocycles. The van der Waals surface area contributed by atoms with Gasteiger partial charge in [0, 0.05) is 11.6 Å². The number of halogens is 1. The van der Waals surface area contributed by atoms with Gasteiger partial charge >= 0.3 is 0 Å². The van der Waals surface area contributed by atoms with Crippen LogP contribution in [-0.4, -0.2) is 43.8 Å². The van der Waals surface area contributed by atoms with E-state index >= 15 is 0 Å². The van der Waals surface area contributed by atoms with Crippen molar-refractivity contribution in [1.82, 2.24) is 10.4 Å². The van der Waals surface area contributed by atoms with Crippen LogP contribution >= 0.6 is 0 Å². The molecule has 1 saturated carbocycles. The smallest absolute Gasteiger partial charge is 0.277 e. The highest BCUT2D eigenvalue weighted by Gasteiger charge is 2.26. The molecule has 6 heteroatoms. The van der Waals surface area contributed by atoms with Gasteiger partial charge in [-0.05, 0) is 80.0 Å². The van der Waals surface area contributed by atoms with Gasteiger partial charge in [0.15, 0.2) is 11.6 Å². The zero-order valence-corrected chi connectivity index (χ0v) is 17.4. The monoisotopic (exact) mass is 412 g/mol. The van der Waals surface area contributed by atoms with Gasteiger partial charge in [0.2, 0.25) is 0 Å². The first-order chi connectivity index (χ1) is 14.6. The van der Waals surface area contributed by atoms with Crippen LogP contribution in [0, 0.1) is 5.82 Å². The van der Waals surface area contributed by atoms with E-state index in [2.05, 4.69) is 17.4 Å². The molecule has 30 heavy (non-hydrogen) atoms. The first-order valence-electron chi connectivity index (χ1n) is 10.7. The fourth-order valence-electron chi connectivity index (χ4n) is 4.40. The van der Waals surface area contributed by atoms with Crippen molar-refractivity contribution in [1.29, 1.82) is 0 Å². The number of ether oxygens (including phenoxy) is 1. The zero-order chi connectivity index (χ0) is 20.9. The molecule has 5 nitrogen and oxygen atoms in total. The van der Waals surface area contributed by atoms with Crippen LogP contribution in [0.1, 0.15) is 53.1 Å². The maximum Gasteiger partial charge on any atom is 0.277 e. The van der Waals surface area contributed by atoms with Gasteiger partial charge in [-0.3, -0.25) is 9.63 Å². The van der Waals surface area contributed by atoms with Crippen molar-refractivity contribution < 1.29 is 18.8 Å². The number of nitrogens with one attached hydrogen (secondary N) is 1. The van der Waals surface area contributed by atoms with Crippen molar-refractivity contribution in [2.24, 2.45) is 0 Å². The second kappa shape index (κ2) is 9.58. The van der Waals surface area contributed by atoms with Gasteiger partial charge in [-0.1, -0.05) is 18.2 Å². The first kappa shape index (κ1) is 20.8. The standard InChI is InChI=1S/C24H29FN2O3/c1-29-23-15-17(3-10-22(23)25)11-12-26-21-9-8-20(16-21)18-4-6-19(7-5-18)24(28)27-13-2-14-30-27/h3-7,10,15,20-21,26H,2,8-9,11-14,16H2,1H3/t20-,21+/m1/s1. The molecule has 1 amide bonds. The minimum absolute atomic E-state index is 0.0533. The van der Waals surface area contributed by atoms with Crippen LogP contribution in [0.3, 0.4) is 0 Å². The molecular formula is C24H29FN2O3. The lowest BCUT2D eigenvalue weighted by molar-refractivity contribution is -0.0768. The first-order valence-corrected chi connectivity index (χ1v) is 10.7.